The van der Waals surface area contributed by atoms with E-state index < -0.39 is 0 Å². The van der Waals surface area contributed by atoms with Crippen molar-refractivity contribution < 1.29 is 9.18 Å². The molecular weight excluding hydrogens is 267 g/mol. The Balaban J connectivity index is 2.01. The second-order valence-corrected chi connectivity index (χ2v) is 6.34. The smallest absolute Gasteiger partial charge is 0.253 e. The number of carbonyl (C=O) groups is 1. The van der Waals surface area contributed by atoms with Crippen LogP contribution in [0.2, 0.25) is 0 Å². The Morgan fingerprint density at radius 3 is 2.86 bits per heavy atom. The van der Waals surface area contributed by atoms with Gasteiger partial charge in [-0.25, -0.2) is 4.39 Å². The predicted molar refractivity (Wildman–Crippen MR) is 82.9 cm³/mol. The molecule has 4 heteroatoms. The lowest BCUT2D eigenvalue weighted by Gasteiger charge is -2.33. The summed E-state index contributed by atoms with van der Waals surface area (Å²) in [6.45, 7) is 8.53. The predicted octanol–water partition coefficient (Wildman–Crippen LogP) is 2.98. The van der Waals surface area contributed by atoms with Crippen LogP contribution in [0.15, 0.2) is 18.2 Å². The van der Waals surface area contributed by atoms with Crippen molar-refractivity contribution in [2.45, 2.75) is 39.7 Å². The van der Waals surface area contributed by atoms with E-state index in [0.29, 0.717) is 17.5 Å². The quantitative estimate of drug-likeness (QED) is 0.925. The molecule has 1 aliphatic rings. The minimum atomic E-state index is -0.339. The van der Waals surface area contributed by atoms with Gasteiger partial charge in [-0.15, -0.1) is 0 Å². The number of hydrogen-bond acceptors (Lipinski definition) is 2. The van der Waals surface area contributed by atoms with Crippen LogP contribution in [-0.2, 0) is 0 Å². The van der Waals surface area contributed by atoms with E-state index in [4.69, 9.17) is 0 Å². The van der Waals surface area contributed by atoms with Gasteiger partial charge in [-0.05, 0) is 56.0 Å². The Morgan fingerprint density at radius 2 is 2.19 bits per heavy atom. The van der Waals surface area contributed by atoms with E-state index in [9.17, 15) is 9.18 Å². The van der Waals surface area contributed by atoms with Crippen LogP contribution in [0.3, 0.4) is 0 Å². The number of rotatable bonds is 4. The molecule has 1 fully saturated rings. The Kier molecular flexibility index (Phi) is 5.34. The van der Waals surface area contributed by atoms with E-state index in [1.165, 1.54) is 12.1 Å². The molecule has 3 nitrogen and oxygen atoms in total. The van der Waals surface area contributed by atoms with E-state index in [0.717, 1.165) is 38.0 Å². The number of piperidine rings is 1. The maximum atomic E-state index is 13.5. The molecular formula is C17H25FN2O. The number of benzene rings is 1. The fourth-order valence-electron chi connectivity index (χ4n) is 2.86. The third-order valence-corrected chi connectivity index (χ3v) is 3.91. The van der Waals surface area contributed by atoms with Gasteiger partial charge in [0.1, 0.15) is 5.82 Å². The summed E-state index contributed by atoms with van der Waals surface area (Å²) in [5.74, 6) is 0.0972. The molecule has 1 aromatic rings. The lowest BCUT2D eigenvalue weighted by Crippen LogP contribution is -2.43. The lowest BCUT2D eigenvalue weighted by molar-refractivity contribution is 0.0671. The SMILES string of the molecule is Cc1cc(F)cc(C(=O)N2CCCC(CNC(C)C)C2)c1. The summed E-state index contributed by atoms with van der Waals surface area (Å²) < 4.78 is 13.5. The Hall–Kier alpha value is -1.42. The van der Waals surface area contributed by atoms with Gasteiger partial charge in [-0.1, -0.05) is 13.8 Å². The third-order valence-electron chi connectivity index (χ3n) is 3.91. The van der Waals surface area contributed by atoms with Crippen molar-refractivity contribution in [1.82, 2.24) is 10.2 Å². The van der Waals surface area contributed by atoms with Gasteiger partial charge < -0.3 is 10.2 Å². The molecule has 1 atom stereocenters. The maximum absolute atomic E-state index is 13.5. The van der Waals surface area contributed by atoms with Gasteiger partial charge in [0, 0.05) is 24.7 Å². The molecule has 1 N–H and O–H groups in total. The lowest BCUT2D eigenvalue weighted by atomic mass is 9.97. The molecule has 1 heterocycles. The molecule has 116 valence electrons. The summed E-state index contributed by atoms with van der Waals surface area (Å²) in [6, 6.07) is 5.01. The van der Waals surface area contributed by atoms with Crippen LogP contribution in [-0.4, -0.2) is 36.5 Å². The maximum Gasteiger partial charge on any atom is 0.253 e. The summed E-state index contributed by atoms with van der Waals surface area (Å²) in [5.41, 5.74) is 1.25. The molecule has 0 aliphatic carbocycles. The van der Waals surface area contributed by atoms with Crippen molar-refractivity contribution in [1.29, 1.82) is 0 Å². The van der Waals surface area contributed by atoms with E-state index in [1.807, 2.05) is 11.8 Å². The van der Waals surface area contributed by atoms with Gasteiger partial charge in [0.25, 0.3) is 5.91 Å². The zero-order valence-corrected chi connectivity index (χ0v) is 13.2. The van der Waals surface area contributed by atoms with E-state index in [1.54, 1.807) is 6.07 Å². The van der Waals surface area contributed by atoms with Gasteiger partial charge in [-0.2, -0.15) is 0 Å². The Labute approximate surface area is 126 Å². The number of hydrogen-bond donors (Lipinski definition) is 1. The molecule has 0 radical (unpaired) electrons. The molecule has 1 aromatic carbocycles. The summed E-state index contributed by atoms with van der Waals surface area (Å²) in [7, 11) is 0. The molecule has 0 aromatic heterocycles. The molecule has 1 unspecified atom stereocenters. The largest absolute Gasteiger partial charge is 0.338 e. The van der Waals surface area contributed by atoms with Crippen molar-refractivity contribution in [3.63, 3.8) is 0 Å². The average molecular weight is 292 g/mol. The normalized spacial score (nSPS) is 19.1. The number of likely N-dealkylation sites (tertiary alicyclic amines) is 1. The van der Waals surface area contributed by atoms with Gasteiger partial charge in [0.05, 0.1) is 0 Å². The number of halogens is 1. The molecule has 21 heavy (non-hydrogen) atoms. The average Bonchev–Trinajstić information content (AvgIpc) is 2.43. The summed E-state index contributed by atoms with van der Waals surface area (Å²) in [6.07, 6.45) is 2.16. The minimum absolute atomic E-state index is 0.0492. The van der Waals surface area contributed by atoms with Crippen LogP contribution in [0.5, 0.6) is 0 Å². The zero-order valence-electron chi connectivity index (χ0n) is 13.2. The first kappa shape index (κ1) is 16.0. The molecule has 1 amide bonds. The van der Waals surface area contributed by atoms with Crippen molar-refractivity contribution in [3.05, 3.63) is 35.1 Å². The zero-order chi connectivity index (χ0) is 15.4. The highest BCUT2D eigenvalue weighted by Crippen LogP contribution is 2.19. The number of amides is 1. The van der Waals surface area contributed by atoms with Crippen molar-refractivity contribution in [2.24, 2.45) is 5.92 Å². The summed E-state index contributed by atoms with van der Waals surface area (Å²) >= 11 is 0. The number of nitrogens with zero attached hydrogens (tertiary/aromatic N) is 1. The number of nitrogens with one attached hydrogen (secondary N) is 1. The fourth-order valence-corrected chi connectivity index (χ4v) is 2.86. The highest BCUT2D eigenvalue weighted by Gasteiger charge is 2.24. The topological polar surface area (TPSA) is 32.3 Å². The van der Waals surface area contributed by atoms with Crippen molar-refractivity contribution >= 4 is 5.91 Å². The van der Waals surface area contributed by atoms with Crippen LogP contribution in [0.1, 0.15) is 42.6 Å². The van der Waals surface area contributed by atoms with Crippen LogP contribution in [0, 0.1) is 18.7 Å². The minimum Gasteiger partial charge on any atom is -0.338 e. The van der Waals surface area contributed by atoms with Gasteiger partial charge >= 0.3 is 0 Å². The molecule has 0 saturated carbocycles. The van der Waals surface area contributed by atoms with Crippen molar-refractivity contribution in [3.8, 4) is 0 Å². The van der Waals surface area contributed by atoms with Gasteiger partial charge in [0.15, 0.2) is 0 Å². The van der Waals surface area contributed by atoms with Crippen LogP contribution in [0.4, 0.5) is 4.39 Å². The van der Waals surface area contributed by atoms with Crippen LogP contribution < -0.4 is 5.32 Å². The highest BCUT2D eigenvalue weighted by molar-refractivity contribution is 5.94. The van der Waals surface area contributed by atoms with E-state index in [-0.39, 0.29) is 11.7 Å². The van der Waals surface area contributed by atoms with Crippen LogP contribution >= 0.6 is 0 Å². The molecule has 0 bridgehead atoms. The first-order valence-corrected chi connectivity index (χ1v) is 7.75. The van der Waals surface area contributed by atoms with E-state index >= 15 is 0 Å². The highest BCUT2D eigenvalue weighted by atomic mass is 19.1. The third kappa shape index (κ3) is 4.53. The summed E-state index contributed by atoms with van der Waals surface area (Å²) in [4.78, 5) is 14.4. The van der Waals surface area contributed by atoms with Gasteiger partial charge in [-0.3, -0.25) is 4.79 Å². The molecule has 2 rings (SSSR count). The van der Waals surface area contributed by atoms with E-state index in [2.05, 4.69) is 19.2 Å². The van der Waals surface area contributed by atoms with Gasteiger partial charge in [0.2, 0.25) is 0 Å². The standard InChI is InChI=1S/C17H25FN2O/c1-12(2)19-10-14-5-4-6-20(11-14)17(21)15-7-13(3)8-16(18)9-15/h7-9,12,14,19H,4-6,10-11H2,1-3H3. The number of carbonyl (C=O) groups excluding carboxylic acids is 1. The summed E-state index contributed by atoms with van der Waals surface area (Å²) in [5, 5.41) is 3.43. The Morgan fingerprint density at radius 1 is 1.43 bits per heavy atom. The van der Waals surface area contributed by atoms with Crippen molar-refractivity contribution in [2.75, 3.05) is 19.6 Å². The second kappa shape index (κ2) is 7.03. The number of aryl methyl sites for hydroxylation is 1. The van der Waals surface area contributed by atoms with Crippen LogP contribution in [0.25, 0.3) is 0 Å². The molecule has 1 saturated heterocycles. The molecule has 1 aliphatic heterocycles. The first-order chi connectivity index (χ1) is 9.95. The second-order valence-electron chi connectivity index (χ2n) is 6.34. The molecule has 0 spiro atoms. The monoisotopic (exact) mass is 292 g/mol. The Bertz CT molecular complexity index is 481. The fraction of sp³-hybridized carbons (Fsp3) is 0.588. The first-order valence-electron chi connectivity index (χ1n) is 7.75.